The van der Waals surface area contributed by atoms with E-state index < -0.39 is 0 Å². The van der Waals surface area contributed by atoms with Crippen LogP contribution in [-0.4, -0.2) is 25.7 Å². The predicted octanol–water partition coefficient (Wildman–Crippen LogP) is 4.63. The van der Waals surface area contributed by atoms with E-state index in [1.807, 2.05) is 0 Å². The van der Waals surface area contributed by atoms with Crippen molar-refractivity contribution in [2.45, 2.75) is 71.3 Å². The molecule has 0 aromatic heterocycles. The van der Waals surface area contributed by atoms with Crippen LogP contribution >= 0.6 is 0 Å². The van der Waals surface area contributed by atoms with E-state index in [4.69, 9.17) is 9.47 Å². The molecule has 2 aliphatic rings. The molecule has 2 rings (SSSR count). The first-order valence-corrected chi connectivity index (χ1v) is 9.70. The molecule has 2 atom stereocenters. The molecule has 2 unspecified atom stereocenters. The number of rotatable bonds is 10. The maximum Gasteiger partial charge on any atom is 0.343 e. The van der Waals surface area contributed by atoms with Crippen molar-refractivity contribution in [3.63, 3.8) is 0 Å². The zero-order chi connectivity index (χ0) is 18.1. The number of carbonyl (C=O) groups is 1. The van der Waals surface area contributed by atoms with Gasteiger partial charge in [-0.25, -0.2) is 4.79 Å². The summed E-state index contributed by atoms with van der Waals surface area (Å²) in [5.74, 6) is 0.828. The van der Waals surface area contributed by atoms with Crippen LogP contribution in [0.2, 0.25) is 0 Å². The molecule has 140 valence electrons. The quantitative estimate of drug-likeness (QED) is 0.462. The lowest BCUT2D eigenvalue weighted by Crippen LogP contribution is -2.40. The summed E-state index contributed by atoms with van der Waals surface area (Å²) in [5, 5.41) is 3.69. The Balaban J connectivity index is 1.98. The topological polar surface area (TPSA) is 47.6 Å². The zero-order valence-corrected chi connectivity index (χ0v) is 16.0. The zero-order valence-electron chi connectivity index (χ0n) is 16.0. The van der Waals surface area contributed by atoms with E-state index >= 15 is 0 Å². The van der Waals surface area contributed by atoms with Crippen LogP contribution in [0, 0.1) is 5.92 Å². The maximum atomic E-state index is 11.5. The van der Waals surface area contributed by atoms with Crippen LogP contribution in [0.5, 0.6) is 0 Å². The van der Waals surface area contributed by atoms with Crippen molar-refractivity contribution in [3.05, 3.63) is 35.3 Å². The van der Waals surface area contributed by atoms with E-state index in [-0.39, 0.29) is 18.5 Å². The lowest BCUT2D eigenvalue weighted by atomic mass is 9.84. The average molecular weight is 347 g/mol. The summed E-state index contributed by atoms with van der Waals surface area (Å²) >= 11 is 0. The molecular formula is C21H33NO3. The molecule has 0 radical (unpaired) electrons. The molecule has 0 bridgehead atoms. The Hall–Kier alpha value is -1.71. The molecule has 1 heterocycles. The first-order chi connectivity index (χ1) is 12.2. The summed E-state index contributed by atoms with van der Waals surface area (Å²) in [5.41, 5.74) is 2.44. The van der Waals surface area contributed by atoms with Crippen molar-refractivity contribution in [1.29, 1.82) is 0 Å². The minimum atomic E-state index is -0.330. The highest BCUT2D eigenvalue weighted by atomic mass is 16.6. The van der Waals surface area contributed by atoms with Crippen LogP contribution in [0.3, 0.4) is 0 Å². The van der Waals surface area contributed by atoms with Gasteiger partial charge in [0.15, 0.2) is 6.61 Å². The van der Waals surface area contributed by atoms with Gasteiger partial charge in [0.2, 0.25) is 0 Å². The van der Waals surface area contributed by atoms with Crippen molar-refractivity contribution >= 4 is 5.97 Å². The molecule has 0 spiro atoms. The fraction of sp³-hybridized carbons (Fsp3) is 0.667. The first kappa shape index (κ1) is 19.6. The number of unbranched alkanes of at least 4 members (excludes halogenated alkanes) is 5. The molecule has 0 aromatic carbocycles. The molecule has 1 aliphatic heterocycles. The summed E-state index contributed by atoms with van der Waals surface area (Å²) in [4.78, 5) is 11.5. The number of hydrogen-bond acceptors (Lipinski definition) is 4. The van der Waals surface area contributed by atoms with Crippen molar-refractivity contribution in [1.82, 2.24) is 5.32 Å². The molecule has 25 heavy (non-hydrogen) atoms. The molecular weight excluding hydrogens is 314 g/mol. The standard InChI is InChI=1S/C21H33NO3/c1-4-5-6-7-8-9-13-18-16(2)21(25-15-20(23)24-3)17-12-10-11-14-19(17)22-18/h10-11,14,17-18,22H,4-9,12-13,15H2,1-3H3. The summed E-state index contributed by atoms with van der Waals surface area (Å²) in [7, 11) is 1.39. The summed E-state index contributed by atoms with van der Waals surface area (Å²) in [6, 6.07) is 0.299. The van der Waals surface area contributed by atoms with E-state index in [1.165, 1.54) is 56.9 Å². The minimum Gasteiger partial charge on any atom is -0.486 e. The molecule has 0 aromatic rings. The Bertz CT molecular complexity index is 533. The Morgan fingerprint density at radius 2 is 2.00 bits per heavy atom. The second-order valence-corrected chi connectivity index (χ2v) is 7.00. The highest BCUT2D eigenvalue weighted by molar-refractivity contribution is 5.70. The number of allylic oxidation sites excluding steroid dienone is 3. The van der Waals surface area contributed by atoms with Crippen molar-refractivity contribution in [3.8, 4) is 0 Å². The Morgan fingerprint density at radius 1 is 1.24 bits per heavy atom. The molecule has 4 heteroatoms. The van der Waals surface area contributed by atoms with E-state index in [1.54, 1.807) is 0 Å². The number of nitrogens with one attached hydrogen (secondary N) is 1. The summed E-state index contributed by atoms with van der Waals surface area (Å²) < 4.78 is 10.6. The van der Waals surface area contributed by atoms with Gasteiger partial charge in [-0.1, -0.05) is 57.6 Å². The van der Waals surface area contributed by atoms with Gasteiger partial charge in [-0.3, -0.25) is 0 Å². The van der Waals surface area contributed by atoms with Gasteiger partial charge in [0, 0.05) is 5.70 Å². The average Bonchev–Trinajstić information content (AvgIpc) is 2.64. The highest BCUT2D eigenvalue weighted by Gasteiger charge is 2.32. The van der Waals surface area contributed by atoms with Crippen LogP contribution in [0.15, 0.2) is 35.3 Å². The number of fused-ring (bicyclic) bond motifs is 1. The molecule has 1 N–H and O–H groups in total. The maximum absolute atomic E-state index is 11.5. The van der Waals surface area contributed by atoms with Gasteiger partial charge in [0.1, 0.15) is 5.76 Å². The molecule has 0 amide bonds. The normalized spacial score (nSPS) is 22.1. The SMILES string of the molecule is CCCCCCCCC1NC2=CC=CCC2C(OCC(=O)OC)=C1C. The second kappa shape index (κ2) is 10.3. The Labute approximate surface area is 152 Å². The first-order valence-electron chi connectivity index (χ1n) is 9.70. The van der Waals surface area contributed by atoms with Gasteiger partial charge in [0.25, 0.3) is 0 Å². The summed E-state index contributed by atoms with van der Waals surface area (Å²) in [6.07, 6.45) is 16.2. The highest BCUT2D eigenvalue weighted by Crippen LogP contribution is 2.36. The van der Waals surface area contributed by atoms with Gasteiger partial charge < -0.3 is 14.8 Å². The molecule has 0 fully saturated rings. The van der Waals surface area contributed by atoms with Gasteiger partial charge in [-0.15, -0.1) is 0 Å². The van der Waals surface area contributed by atoms with E-state index in [0.717, 1.165) is 18.6 Å². The third-order valence-electron chi connectivity index (χ3n) is 5.15. The fourth-order valence-electron chi connectivity index (χ4n) is 3.61. The minimum absolute atomic E-state index is 0.0135. The second-order valence-electron chi connectivity index (χ2n) is 7.00. The molecule has 0 saturated carbocycles. The van der Waals surface area contributed by atoms with Gasteiger partial charge >= 0.3 is 5.97 Å². The predicted molar refractivity (Wildman–Crippen MR) is 101 cm³/mol. The smallest absolute Gasteiger partial charge is 0.343 e. The number of ether oxygens (including phenoxy) is 2. The molecule has 0 saturated heterocycles. The third-order valence-corrected chi connectivity index (χ3v) is 5.15. The fourth-order valence-corrected chi connectivity index (χ4v) is 3.61. The van der Waals surface area contributed by atoms with Gasteiger partial charge in [-0.2, -0.15) is 0 Å². The number of carbonyl (C=O) groups excluding carboxylic acids is 1. The van der Waals surface area contributed by atoms with Gasteiger partial charge in [0.05, 0.1) is 19.1 Å². The van der Waals surface area contributed by atoms with Crippen LogP contribution < -0.4 is 5.32 Å². The lowest BCUT2D eigenvalue weighted by molar-refractivity contribution is -0.144. The molecule has 1 aliphatic carbocycles. The number of esters is 1. The van der Waals surface area contributed by atoms with Gasteiger partial charge in [-0.05, 0) is 31.4 Å². The third kappa shape index (κ3) is 5.65. The van der Waals surface area contributed by atoms with Crippen LogP contribution in [-0.2, 0) is 14.3 Å². The Morgan fingerprint density at radius 3 is 2.76 bits per heavy atom. The van der Waals surface area contributed by atoms with Crippen molar-refractivity contribution < 1.29 is 14.3 Å². The van der Waals surface area contributed by atoms with Crippen LogP contribution in [0.25, 0.3) is 0 Å². The Kier molecular flexibility index (Phi) is 8.10. The summed E-state index contributed by atoms with van der Waals surface area (Å²) in [6.45, 7) is 4.37. The van der Waals surface area contributed by atoms with E-state index in [2.05, 4.69) is 37.4 Å². The number of hydrogen-bond donors (Lipinski definition) is 1. The monoisotopic (exact) mass is 347 g/mol. The van der Waals surface area contributed by atoms with E-state index in [9.17, 15) is 4.79 Å². The van der Waals surface area contributed by atoms with E-state index in [0.29, 0.717) is 6.04 Å². The lowest BCUT2D eigenvalue weighted by Gasteiger charge is -2.37. The number of methoxy groups -OCH3 is 1. The van der Waals surface area contributed by atoms with Crippen molar-refractivity contribution in [2.24, 2.45) is 5.92 Å². The van der Waals surface area contributed by atoms with Crippen LogP contribution in [0.1, 0.15) is 65.2 Å². The largest absolute Gasteiger partial charge is 0.486 e. The van der Waals surface area contributed by atoms with Crippen molar-refractivity contribution in [2.75, 3.05) is 13.7 Å². The van der Waals surface area contributed by atoms with Crippen LogP contribution in [0.4, 0.5) is 0 Å². The molecule has 4 nitrogen and oxygen atoms in total.